The van der Waals surface area contributed by atoms with Gasteiger partial charge in [-0.3, -0.25) is 0 Å². The van der Waals surface area contributed by atoms with Gasteiger partial charge in [-0.1, -0.05) is 11.2 Å². The molecule has 0 bridgehead atoms. The fourth-order valence-corrected chi connectivity index (χ4v) is 1.94. The highest BCUT2D eigenvalue weighted by Crippen LogP contribution is 2.29. The third-order valence-corrected chi connectivity index (χ3v) is 2.86. The quantitative estimate of drug-likeness (QED) is 0.870. The number of ether oxygens (including phenoxy) is 2. The van der Waals surface area contributed by atoms with E-state index in [1.165, 1.54) is 11.3 Å². The molecule has 0 spiro atoms. The monoisotopic (exact) mass is 286 g/mol. The molecule has 0 N–H and O–H groups in total. The first-order valence-electron chi connectivity index (χ1n) is 4.09. The normalized spacial score (nSPS) is 10.0. The number of benzene rings is 1. The number of halogens is 1. The first-order valence-corrected chi connectivity index (χ1v) is 5.70. The van der Waals surface area contributed by atoms with Gasteiger partial charge in [0.15, 0.2) is 3.92 Å². The molecule has 0 unspecified atom stereocenters. The topological polar surface area (TPSA) is 44.2 Å². The molecule has 0 aliphatic carbocycles. The summed E-state index contributed by atoms with van der Waals surface area (Å²) in [6.45, 7) is 0. The Hall–Kier alpha value is -1.14. The van der Waals surface area contributed by atoms with Gasteiger partial charge in [-0.25, -0.2) is 0 Å². The highest BCUT2D eigenvalue weighted by molar-refractivity contribution is 9.11. The Kier molecular flexibility index (Phi) is 3.17. The number of rotatable bonds is 3. The Morgan fingerprint density at radius 1 is 1.27 bits per heavy atom. The molecule has 0 saturated heterocycles. The van der Waals surface area contributed by atoms with Crippen molar-refractivity contribution >= 4 is 27.3 Å². The lowest BCUT2D eigenvalue weighted by Gasteiger charge is -2.03. The predicted molar refractivity (Wildman–Crippen MR) is 60.7 cm³/mol. The van der Waals surface area contributed by atoms with E-state index in [9.17, 15) is 0 Å². The van der Waals surface area contributed by atoms with Crippen LogP contribution in [0.2, 0.25) is 0 Å². The van der Waals surface area contributed by atoms with E-state index in [-0.39, 0.29) is 0 Å². The highest BCUT2D eigenvalue weighted by Gasteiger charge is 2.04. The van der Waals surface area contributed by atoms with Gasteiger partial charge < -0.3 is 9.47 Å². The van der Waals surface area contributed by atoms with Crippen LogP contribution in [-0.2, 0) is 0 Å². The number of hydrogen-bond donors (Lipinski definition) is 0. The highest BCUT2D eigenvalue weighted by atomic mass is 79.9. The van der Waals surface area contributed by atoms with Crippen LogP contribution in [0.1, 0.15) is 0 Å². The fourth-order valence-electron chi connectivity index (χ4n) is 1.000. The molecule has 6 heteroatoms. The van der Waals surface area contributed by atoms with E-state index in [4.69, 9.17) is 9.47 Å². The van der Waals surface area contributed by atoms with Crippen molar-refractivity contribution in [3.63, 3.8) is 0 Å². The van der Waals surface area contributed by atoms with Crippen LogP contribution in [0.3, 0.4) is 0 Å². The molecule has 15 heavy (non-hydrogen) atoms. The SMILES string of the molecule is COc1cccc(Oc2nnc(Br)s2)c1. The summed E-state index contributed by atoms with van der Waals surface area (Å²) in [6, 6.07) is 7.32. The largest absolute Gasteiger partial charge is 0.497 e. The Morgan fingerprint density at radius 2 is 2.07 bits per heavy atom. The molecule has 0 radical (unpaired) electrons. The Bertz CT molecular complexity index is 461. The molecule has 1 heterocycles. The van der Waals surface area contributed by atoms with Gasteiger partial charge in [-0.05, 0) is 39.4 Å². The molecule has 1 aromatic carbocycles. The Labute approximate surface area is 99.0 Å². The number of nitrogens with zero attached hydrogens (tertiary/aromatic N) is 2. The van der Waals surface area contributed by atoms with Crippen molar-refractivity contribution in [3.8, 4) is 16.7 Å². The predicted octanol–water partition coefficient (Wildman–Crippen LogP) is 3.10. The zero-order chi connectivity index (χ0) is 10.7. The molecule has 0 atom stereocenters. The summed E-state index contributed by atoms with van der Waals surface area (Å²) >= 11 is 4.54. The van der Waals surface area contributed by atoms with Crippen LogP contribution in [0.5, 0.6) is 16.7 Å². The molecule has 0 fully saturated rings. The Morgan fingerprint density at radius 3 is 2.73 bits per heavy atom. The minimum absolute atomic E-state index is 0.495. The maximum absolute atomic E-state index is 5.48. The van der Waals surface area contributed by atoms with Gasteiger partial charge in [0.05, 0.1) is 7.11 Å². The summed E-state index contributed by atoms with van der Waals surface area (Å²) in [5.74, 6) is 1.43. The minimum atomic E-state index is 0.495. The van der Waals surface area contributed by atoms with E-state index in [2.05, 4.69) is 26.1 Å². The first-order chi connectivity index (χ1) is 7.28. The fraction of sp³-hybridized carbons (Fsp3) is 0.111. The zero-order valence-corrected chi connectivity index (χ0v) is 10.2. The molecule has 1 aromatic heterocycles. The lowest BCUT2D eigenvalue weighted by molar-refractivity contribution is 0.408. The molecule has 2 rings (SSSR count). The molecule has 4 nitrogen and oxygen atoms in total. The third-order valence-electron chi connectivity index (χ3n) is 1.63. The summed E-state index contributed by atoms with van der Waals surface area (Å²) in [5, 5.41) is 8.10. The van der Waals surface area contributed by atoms with Crippen molar-refractivity contribution in [2.24, 2.45) is 0 Å². The van der Waals surface area contributed by atoms with E-state index < -0.39 is 0 Å². The lowest BCUT2D eigenvalue weighted by atomic mass is 10.3. The van der Waals surface area contributed by atoms with Gasteiger partial charge in [-0.2, -0.15) is 0 Å². The van der Waals surface area contributed by atoms with E-state index in [0.29, 0.717) is 14.9 Å². The van der Waals surface area contributed by atoms with Crippen LogP contribution in [0.4, 0.5) is 0 Å². The van der Waals surface area contributed by atoms with Crippen LogP contribution in [0, 0.1) is 0 Å². The van der Waals surface area contributed by atoms with Crippen molar-refractivity contribution in [2.75, 3.05) is 7.11 Å². The van der Waals surface area contributed by atoms with E-state index in [1.807, 2.05) is 18.2 Å². The molecule has 0 amide bonds. The molecule has 0 saturated carbocycles. The summed E-state index contributed by atoms with van der Waals surface area (Å²) in [6.07, 6.45) is 0. The smallest absolute Gasteiger partial charge is 0.300 e. The molecule has 0 aliphatic heterocycles. The average Bonchev–Trinajstić information content (AvgIpc) is 2.64. The van der Waals surface area contributed by atoms with Crippen LogP contribution in [0.15, 0.2) is 28.2 Å². The van der Waals surface area contributed by atoms with E-state index in [1.54, 1.807) is 13.2 Å². The number of hydrogen-bond acceptors (Lipinski definition) is 5. The molecule has 2 aromatic rings. The number of methoxy groups -OCH3 is 1. The molecular formula is C9H7BrN2O2S. The summed E-state index contributed by atoms with van der Waals surface area (Å²) < 4.78 is 11.2. The van der Waals surface area contributed by atoms with Gasteiger partial charge >= 0.3 is 0 Å². The van der Waals surface area contributed by atoms with Crippen molar-refractivity contribution in [1.82, 2.24) is 10.2 Å². The second kappa shape index (κ2) is 4.59. The van der Waals surface area contributed by atoms with Gasteiger partial charge in [-0.15, -0.1) is 5.10 Å². The number of aromatic nitrogens is 2. The van der Waals surface area contributed by atoms with Gasteiger partial charge in [0.2, 0.25) is 0 Å². The zero-order valence-electron chi connectivity index (χ0n) is 7.81. The van der Waals surface area contributed by atoms with Crippen molar-refractivity contribution in [1.29, 1.82) is 0 Å². The standard InChI is InChI=1S/C9H7BrN2O2S/c1-13-6-3-2-4-7(5-6)14-9-12-11-8(10)15-9/h2-5H,1H3. The second-order valence-corrected chi connectivity index (χ2v) is 4.82. The third kappa shape index (κ3) is 2.66. The maximum Gasteiger partial charge on any atom is 0.300 e. The second-order valence-electron chi connectivity index (χ2n) is 2.60. The van der Waals surface area contributed by atoms with Gasteiger partial charge in [0.1, 0.15) is 11.5 Å². The van der Waals surface area contributed by atoms with E-state index in [0.717, 1.165) is 5.75 Å². The van der Waals surface area contributed by atoms with E-state index >= 15 is 0 Å². The minimum Gasteiger partial charge on any atom is -0.497 e. The average molecular weight is 287 g/mol. The lowest BCUT2D eigenvalue weighted by Crippen LogP contribution is -1.86. The van der Waals surface area contributed by atoms with Gasteiger partial charge in [0, 0.05) is 6.07 Å². The first kappa shape index (κ1) is 10.4. The van der Waals surface area contributed by atoms with Crippen LogP contribution < -0.4 is 9.47 Å². The molecule has 0 aliphatic rings. The van der Waals surface area contributed by atoms with Crippen LogP contribution in [-0.4, -0.2) is 17.3 Å². The summed E-state index contributed by atoms with van der Waals surface area (Å²) in [5.41, 5.74) is 0. The van der Waals surface area contributed by atoms with Crippen molar-refractivity contribution < 1.29 is 9.47 Å². The van der Waals surface area contributed by atoms with Crippen LogP contribution in [0.25, 0.3) is 0 Å². The van der Waals surface area contributed by atoms with Crippen molar-refractivity contribution in [2.45, 2.75) is 0 Å². The summed E-state index contributed by atoms with van der Waals surface area (Å²) in [7, 11) is 1.61. The van der Waals surface area contributed by atoms with Gasteiger partial charge in [0.25, 0.3) is 5.19 Å². The molecular weight excluding hydrogens is 280 g/mol. The van der Waals surface area contributed by atoms with Crippen molar-refractivity contribution in [3.05, 3.63) is 28.2 Å². The van der Waals surface area contributed by atoms with Crippen LogP contribution >= 0.6 is 27.3 Å². The summed E-state index contributed by atoms with van der Waals surface area (Å²) in [4.78, 5) is 0. The maximum atomic E-state index is 5.48. The Balaban J connectivity index is 2.16. The molecule has 78 valence electrons.